The molecule has 0 spiro atoms. The van der Waals surface area contributed by atoms with Gasteiger partial charge >= 0.3 is 0 Å². The van der Waals surface area contributed by atoms with Gasteiger partial charge in [-0.15, -0.1) is 11.3 Å². The van der Waals surface area contributed by atoms with E-state index in [9.17, 15) is 4.79 Å². The van der Waals surface area contributed by atoms with Gasteiger partial charge in [0.15, 0.2) is 15.6 Å². The molecule has 0 bridgehead atoms. The topological polar surface area (TPSA) is 58.4 Å². The summed E-state index contributed by atoms with van der Waals surface area (Å²) >= 11 is 4.64. The van der Waals surface area contributed by atoms with Gasteiger partial charge in [-0.05, 0) is 46.3 Å². The van der Waals surface area contributed by atoms with Gasteiger partial charge in [0, 0.05) is 25.0 Å². The summed E-state index contributed by atoms with van der Waals surface area (Å²) in [5.41, 5.74) is 1.01. The minimum Gasteiger partial charge on any atom is -0.444 e. The minimum absolute atomic E-state index is 0.271. The molecule has 1 aliphatic rings. The Morgan fingerprint density at radius 3 is 2.83 bits per heavy atom. The van der Waals surface area contributed by atoms with Gasteiger partial charge in [0.25, 0.3) is 5.91 Å². The average molecular weight is 398 g/mol. The molecule has 0 unspecified atom stereocenters. The van der Waals surface area contributed by atoms with Crippen LogP contribution in [-0.2, 0) is 6.54 Å². The summed E-state index contributed by atoms with van der Waals surface area (Å²) in [6, 6.07) is 3.32. The predicted molar refractivity (Wildman–Crippen MR) is 94.7 cm³/mol. The quantitative estimate of drug-likeness (QED) is 0.838. The molecule has 3 rings (SSSR count). The Labute approximate surface area is 148 Å². The predicted octanol–water partition coefficient (Wildman–Crippen LogP) is 4.23. The van der Waals surface area contributed by atoms with Gasteiger partial charge in [0.1, 0.15) is 0 Å². The molecule has 2 aromatic rings. The molecule has 0 aliphatic carbocycles. The van der Waals surface area contributed by atoms with Crippen molar-refractivity contribution in [3.63, 3.8) is 0 Å². The summed E-state index contributed by atoms with van der Waals surface area (Å²) in [6.07, 6.45) is 1.30. The lowest BCUT2D eigenvalue weighted by atomic mass is 9.92. The van der Waals surface area contributed by atoms with Crippen LogP contribution in [0.2, 0.25) is 0 Å². The monoisotopic (exact) mass is 397 g/mol. The van der Waals surface area contributed by atoms with E-state index in [1.807, 2.05) is 5.38 Å². The molecule has 1 fully saturated rings. The van der Waals surface area contributed by atoms with Gasteiger partial charge in [-0.3, -0.25) is 15.0 Å². The van der Waals surface area contributed by atoms with Gasteiger partial charge in [0.2, 0.25) is 0 Å². The van der Waals surface area contributed by atoms with E-state index in [0.717, 1.165) is 37.2 Å². The standard InChI is InChI=1S/C16H20BrN3O2S/c1-10-5-11(2)7-20(6-10)8-12-9-23-16(18-12)19-15(21)13-3-4-14(17)22-13/h3-4,9-11H,5-8H2,1-2H3,(H,18,19,21)/t10-,11-/m0/s1. The first-order valence-electron chi connectivity index (χ1n) is 7.73. The van der Waals surface area contributed by atoms with Crippen molar-refractivity contribution in [3.8, 4) is 0 Å². The number of carbonyl (C=O) groups excluding carboxylic acids is 1. The molecule has 1 amide bonds. The summed E-state index contributed by atoms with van der Waals surface area (Å²) in [6.45, 7) is 7.68. The summed E-state index contributed by atoms with van der Waals surface area (Å²) in [5.74, 6) is 1.45. The molecule has 1 saturated heterocycles. The molecule has 3 heterocycles. The number of anilines is 1. The second-order valence-electron chi connectivity index (χ2n) is 6.34. The van der Waals surface area contributed by atoms with Crippen LogP contribution in [0.3, 0.4) is 0 Å². The van der Waals surface area contributed by atoms with Crippen molar-refractivity contribution in [2.75, 3.05) is 18.4 Å². The number of hydrogen-bond acceptors (Lipinski definition) is 5. The summed E-state index contributed by atoms with van der Waals surface area (Å²) < 4.78 is 5.78. The number of hydrogen-bond donors (Lipinski definition) is 1. The Morgan fingerprint density at radius 2 is 2.17 bits per heavy atom. The van der Waals surface area contributed by atoms with Crippen LogP contribution in [0, 0.1) is 11.8 Å². The fourth-order valence-corrected chi connectivity index (χ4v) is 4.19. The molecule has 0 radical (unpaired) electrons. The Balaban J connectivity index is 1.58. The molecule has 2 atom stereocenters. The average Bonchev–Trinajstić information content (AvgIpc) is 3.07. The largest absolute Gasteiger partial charge is 0.444 e. The van der Waals surface area contributed by atoms with Crippen molar-refractivity contribution in [1.82, 2.24) is 9.88 Å². The van der Waals surface area contributed by atoms with Gasteiger partial charge in [-0.1, -0.05) is 13.8 Å². The SMILES string of the molecule is C[C@H]1C[C@H](C)CN(Cc2csc(NC(=O)c3ccc(Br)o3)n2)C1. The fourth-order valence-electron chi connectivity index (χ4n) is 3.18. The highest BCUT2D eigenvalue weighted by atomic mass is 79.9. The second-order valence-corrected chi connectivity index (χ2v) is 7.98. The zero-order valence-electron chi connectivity index (χ0n) is 13.2. The molecule has 1 aliphatic heterocycles. The van der Waals surface area contributed by atoms with Gasteiger partial charge in [-0.2, -0.15) is 0 Å². The highest BCUT2D eigenvalue weighted by Gasteiger charge is 2.22. The van der Waals surface area contributed by atoms with Crippen LogP contribution in [0.25, 0.3) is 0 Å². The molecule has 23 heavy (non-hydrogen) atoms. The van der Waals surface area contributed by atoms with E-state index in [1.165, 1.54) is 17.8 Å². The van der Waals surface area contributed by atoms with E-state index in [1.54, 1.807) is 12.1 Å². The number of halogens is 1. The number of nitrogens with zero attached hydrogens (tertiary/aromatic N) is 2. The summed E-state index contributed by atoms with van der Waals surface area (Å²) in [7, 11) is 0. The second kappa shape index (κ2) is 7.15. The first-order chi connectivity index (χ1) is 11.0. The van der Waals surface area contributed by atoms with E-state index in [4.69, 9.17) is 4.42 Å². The summed E-state index contributed by atoms with van der Waals surface area (Å²) in [5, 5.41) is 5.40. The third-order valence-corrected chi connectivity index (χ3v) is 5.13. The molecule has 0 aromatic carbocycles. The van der Waals surface area contributed by atoms with E-state index >= 15 is 0 Å². The molecular weight excluding hydrogens is 378 g/mol. The molecule has 1 N–H and O–H groups in total. The number of rotatable bonds is 4. The molecule has 2 aromatic heterocycles. The number of amides is 1. The van der Waals surface area contributed by atoms with Crippen molar-refractivity contribution in [2.45, 2.75) is 26.8 Å². The van der Waals surface area contributed by atoms with E-state index in [2.05, 4.69) is 45.0 Å². The number of likely N-dealkylation sites (tertiary alicyclic amines) is 1. The number of aromatic nitrogens is 1. The van der Waals surface area contributed by atoms with Crippen LogP contribution in [0.4, 0.5) is 5.13 Å². The van der Waals surface area contributed by atoms with E-state index < -0.39 is 0 Å². The maximum atomic E-state index is 12.0. The summed E-state index contributed by atoms with van der Waals surface area (Å²) in [4.78, 5) is 19.0. The number of piperidine rings is 1. The molecule has 124 valence electrons. The minimum atomic E-state index is -0.281. The Kier molecular flexibility index (Phi) is 5.18. The van der Waals surface area contributed by atoms with Gasteiger partial charge < -0.3 is 4.42 Å². The lowest BCUT2D eigenvalue weighted by Gasteiger charge is -2.34. The van der Waals surface area contributed by atoms with Gasteiger partial charge in [0.05, 0.1) is 5.69 Å². The van der Waals surface area contributed by atoms with Crippen LogP contribution >= 0.6 is 27.3 Å². The normalized spacial score (nSPS) is 22.2. The first kappa shape index (κ1) is 16.7. The Hall–Kier alpha value is -1.18. The van der Waals surface area contributed by atoms with Crippen molar-refractivity contribution in [2.24, 2.45) is 11.8 Å². The Bertz CT molecular complexity index is 674. The van der Waals surface area contributed by atoms with Gasteiger partial charge in [-0.25, -0.2) is 4.98 Å². The third-order valence-electron chi connectivity index (χ3n) is 3.90. The van der Waals surface area contributed by atoms with Crippen LogP contribution in [0.1, 0.15) is 36.5 Å². The highest BCUT2D eigenvalue weighted by molar-refractivity contribution is 9.10. The Morgan fingerprint density at radius 1 is 1.43 bits per heavy atom. The van der Waals surface area contributed by atoms with Crippen LogP contribution in [0.15, 0.2) is 26.6 Å². The van der Waals surface area contributed by atoms with Crippen LogP contribution < -0.4 is 5.32 Å². The maximum absolute atomic E-state index is 12.0. The molecular formula is C16H20BrN3O2S. The van der Waals surface area contributed by atoms with Crippen LogP contribution in [0.5, 0.6) is 0 Å². The zero-order valence-corrected chi connectivity index (χ0v) is 15.6. The van der Waals surface area contributed by atoms with E-state index in [-0.39, 0.29) is 11.7 Å². The highest BCUT2D eigenvalue weighted by Crippen LogP contribution is 2.24. The fraction of sp³-hybridized carbons (Fsp3) is 0.500. The van der Waals surface area contributed by atoms with Crippen molar-refractivity contribution in [3.05, 3.63) is 33.6 Å². The smallest absolute Gasteiger partial charge is 0.293 e. The maximum Gasteiger partial charge on any atom is 0.293 e. The zero-order chi connectivity index (χ0) is 16.4. The number of carbonyl (C=O) groups is 1. The number of thiazole rings is 1. The van der Waals surface area contributed by atoms with Crippen molar-refractivity contribution in [1.29, 1.82) is 0 Å². The van der Waals surface area contributed by atoms with Crippen molar-refractivity contribution < 1.29 is 9.21 Å². The van der Waals surface area contributed by atoms with Crippen molar-refractivity contribution >= 4 is 38.3 Å². The lowest BCUT2D eigenvalue weighted by Crippen LogP contribution is -2.38. The molecule has 0 saturated carbocycles. The van der Waals surface area contributed by atoms with Crippen LogP contribution in [-0.4, -0.2) is 28.9 Å². The third kappa shape index (κ3) is 4.43. The molecule has 5 nitrogen and oxygen atoms in total. The lowest BCUT2D eigenvalue weighted by molar-refractivity contribution is 0.0995. The van der Waals surface area contributed by atoms with E-state index in [0.29, 0.717) is 9.80 Å². The number of nitrogens with one attached hydrogen (secondary N) is 1. The molecule has 7 heteroatoms. The number of furan rings is 1. The first-order valence-corrected chi connectivity index (χ1v) is 9.40.